The van der Waals surface area contributed by atoms with E-state index in [9.17, 15) is 30.7 Å². The minimum atomic E-state index is -5.29. The minimum Gasteiger partial charge on any atom is -0.429 e. The van der Waals surface area contributed by atoms with Gasteiger partial charge in [-0.25, -0.2) is 35.1 Å². The van der Waals surface area contributed by atoms with Crippen molar-refractivity contribution in [3.63, 3.8) is 0 Å². The predicted octanol–water partition coefficient (Wildman–Crippen LogP) is 12.6. The molecule has 15 heteroatoms. The first-order valence-corrected chi connectivity index (χ1v) is 15.3. The highest BCUT2D eigenvalue weighted by molar-refractivity contribution is 5.73. The zero-order valence-electron chi connectivity index (χ0n) is 26.5. The van der Waals surface area contributed by atoms with Crippen molar-refractivity contribution in [2.75, 3.05) is 0 Å². The van der Waals surface area contributed by atoms with Gasteiger partial charge in [0.1, 0.15) is 52.0 Å². The lowest BCUT2D eigenvalue weighted by molar-refractivity contribution is -0.275. The fourth-order valence-electron chi connectivity index (χ4n) is 5.47. The molecule has 0 heterocycles. The number of benzene rings is 5. The molecule has 0 unspecified atom stereocenters. The van der Waals surface area contributed by atoms with Crippen LogP contribution in [-0.4, -0.2) is 6.36 Å². The molecule has 5 aromatic rings. The maximum atomic E-state index is 15.2. The molecule has 0 aliphatic heterocycles. The molecular formula is C37H23F13O2. The predicted molar refractivity (Wildman–Crippen MR) is 163 cm³/mol. The van der Waals surface area contributed by atoms with Gasteiger partial charge in [-0.15, -0.1) is 13.2 Å². The van der Waals surface area contributed by atoms with E-state index in [-0.39, 0.29) is 41.5 Å². The van der Waals surface area contributed by atoms with Crippen molar-refractivity contribution in [2.24, 2.45) is 0 Å². The molecule has 5 rings (SSSR count). The Hall–Kier alpha value is -5.21. The van der Waals surface area contributed by atoms with Crippen LogP contribution in [0.2, 0.25) is 0 Å². The Bertz CT molecular complexity index is 2060. The SMILES string of the molecule is CCCCCc1ccc(-c2cc(F)c(-c3cc(F)c(C(F)(F)Oc4cc(F)c(-c5ccc(OC(F)(F)F)c(F)c5)c(F)c4)c(F)c3)c(F)c2)c(F)c1. The van der Waals surface area contributed by atoms with Gasteiger partial charge in [0, 0.05) is 17.7 Å². The van der Waals surface area contributed by atoms with Crippen LogP contribution >= 0.6 is 0 Å². The second-order valence-corrected chi connectivity index (χ2v) is 11.5. The summed E-state index contributed by atoms with van der Waals surface area (Å²) in [6, 6.07) is 7.41. The van der Waals surface area contributed by atoms with Gasteiger partial charge in [0.25, 0.3) is 0 Å². The van der Waals surface area contributed by atoms with Crippen LogP contribution in [0.4, 0.5) is 57.1 Å². The summed E-state index contributed by atoms with van der Waals surface area (Å²) in [5.74, 6) is -15.5. The topological polar surface area (TPSA) is 18.5 Å². The average Bonchev–Trinajstić information content (AvgIpc) is 3.00. The summed E-state index contributed by atoms with van der Waals surface area (Å²) in [4.78, 5) is 0. The molecule has 274 valence electrons. The van der Waals surface area contributed by atoms with Gasteiger partial charge in [0.2, 0.25) is 0 Å². The standard InChI is InChI=1S/C37H23F13O2/c1-2-3-4-5-18-6-8-23(24(38)10-18)20-12-26(40)34(27(41)13-20)21-14-30(44)35(31(45)15-21)36(46,47)51-22-16-28(42)33(29(43)17-22)19-7-9-32(25(39)11-19)52-37(48,49)50/h6-17H,2-5H2,1H3. The van der Waals surface area contributed by atoms with Crippen LogP contribution in [0, 0.1) is 46.5 Å². The first kappa shape index (κ1) is 38.0. The van der Waals surface area contributed by atoms with Gasteiger partial charge in [-0.2, -0.15) is 8.78 Å². The fourth-order valence-corrected chi connectivity index (χ4v) is 5.47. The average molecular weight is 747 g/mol. The quantitative estimate of drug-likeness (QED) is 0.0990. The largest absolute Gasteiger partial charge is 0.573 e. The molecular weight excluding hydrogens is 723 g/mol. The van der Waals surface area contributed by atoms with Crippen LogP contribution in [0.5, 0.6) is 11.5 Å². The molecule has 5 aromatic carbocycles. The van der Waals surface area contributed by atoms with E-state index in [1.807, 2.05) is 6.92 Å². The summed E-state index contributed by atoms with van der Waals surface area (Å²) in [6.45, 7) is 2.00. The van der Waals surface area contributed by atoms with Crippen molar-refractivity contribution >= 4 is 0 Å². The van der Waals surface area contributed by atoms with Gasteiger partial charge in [-0.3, -0.25) is 0 Å². The number of halogens is 13. The highest BCUT2D eigenvalue weighted by Crippen LogP contribution is 2.41. The van der Waals surface area contributed by atoms with Gasteiger partial charge in [-0.05, 0) is 77.6 Å². The van der Waals surface area contributed by atoms with Gasteiger partial charge < -0.3 is 9.47 Å². The molecule has 52 heavy (non-hydrogen) atoms. The van der Waals surface area contributed by atoms with Crippen molar-refractivity contribution in [1.82, 2.24) is 0 Å². The van der Waals surface area contributed by atoms with E-state index in [4.69, 9.17) is 0 Å². The van der Waals surface area contributed by atoms with Gasteiger partial charge >= 0.3 is 12.5 Å². The van der Waals surface area contributed by atoms with Crippen LogP contribution in [0.25, 0.3) is 33.4 Å². The fraction of sp³-hybridized carbons (Fsp3) is 0.189. The number of hydrogen-bond acceptors (Lipinski definition) is 2. The van der Waals surface area contributed by atoms with Crippen LogP contribution in [0.15, 0.2) is 72.8 Å². The van der Waals surface area contributed by atoms with Crippen molar-refractivity contribution in [1.29, 1.82) is 0 Å². The second kappa shape index (κ2) is 14.8. The summed E-state index contributed by atoms with van der Waals surface area (Å²) in [5, 5.41) is 0. The Morgan fingerprint density at radius 1 is 0.500 bits per heavy atom. The van der Waals surface area contributed by atoms with Crippen molar-refractivity contribution in [3.05, 3.63) is 130 Å². The zero-order chi connectivity index (χ0) is 38.1. The van der Waals surface area contributed by atoms with E-state index in [0.29, 0.717) is 36.2 Å². The van der Waals surface area contributed by atoms with E-state index in [2.05, 4.69) is 9.47 Å². The first-order chi connectivity index (χ1) is 24.4. The third-order valence-electron chi connectivity index (χ3n) is 7.79. The Labute approximate surface area is 287 Å². The van der Waals surface area contributed by atoms with Crippen molar-refractivity contribution in [3.8, 4) is 44.9 Å². The van der Waals surface area contributed by atoms with Crippen LogP contribution in [0.1, 0.15) is 37.3 Å². The third kappa shape index (κ3) is 8.29. The summed E-state index contributed by atoms with van der Waals surface area (Å²) in [6.07, 6.45) is -7.05. The maximum absolute atomic E-state index is 15.2. The number of hydrogen-bond donors (Lipinski definition) is 0. The first-order valence-electron chi connectivity index (χ1n) is 15.3. The number of aryl methyl sites for hydroxylation is 1. The van der Waals surface area contributed by atoms with Crippen molar-refractivity contribution in [2.45, 2.75) is 45.1 Å². The molecule has 0 saturated heterocycles. The summed E-state index contributed by atoms with van der Waals surface area (Å²) < 4.78 is 194. The third-order valence-corrected chi connectivity index (χ3v) is 7.79. The highest BCUT2D eigenvalue weighted by Gasteiger charge is 2.42. The van der Waals surface area contributed by atoms with Crippen LogP contribution in [0.3, 0.4) is 0 Å². The van der Waals surface area contributed by atoms with Gasteiger partial charge in [0.15, 0.2) is 11.6 Å². The number of unbranched alkanes of at least 4 members (excludes halogenated alkanes) is 2. The normalized spacial score (nSPS) is 12.0. The minimum absolute atomic E-state index is 0.129. The van der Waals surface area contributed by atoms with Gasteiger partial charge in [-0.1, -0.05) is 38.0 Å². The molecule has 0 amide bonds. The summed E-state index contributed by atoms with van der Waals surface area (Å²) in [5.41, 5.74) is -5.55. The molecule has 0 bridgehead atoms. The molecule has 0 aliphatic carbocycles. The Morgan fingerprint density at radius 2 is 1.04 bits per heavy atom. The smallest absolute Gasteiger partial charge is 0.429 e. The Morgan fingerprint density at radius 3 is 1.58 bits per heavy atom. The lowest BCUT2D eigenvalue weighted by atomic mass is 9.96. The van der Waals surface area contributed by atoms with Crippen LogP contribution < -0.4 is 9.47 Å². The van der Waals surface area contributed by atoms with E-state index in [1.165, 1.54) is 12.1 Å². The lowest BCUT2D eigenvalue weighted by Crippen LogP contribution is -2.25. The highest BCUT2D eigenvalue weighted by atomic mass is 19.4. The van der Waals surface area contributed by atoms with E-state index >= 15 is 26.3 Å². The monoisotopic (exact) mass is 746 g/mol. The molecule has 0 N–H and O–H groups in total. The summed E-state index contributed by atoms with van der Waals surface area (Å²) in [7, 11) is 0. The number of rotatable bonds is 11. The molecule has 0 aromatic heterocycles. The molecule has 0 spiro atoms. The van der Waals surface area contributed by atoms with Crippen molar-refractivity contribution < 1.29 is 66.5 Å². The number of ether oxygens (including phenoxy) is 2. The second-order valence-electron chi connectivity index (χ2n) is 11.5. The van der Waals surface area contributed by atoms with Gasteiger partial charge in [0.05, 0.1) is 11.1 Å². The van der Waals surface area contributed by atoms with Crippen LogP contribution in [-0.2, 0) is 12.5 Å². The molecule has 2 nitrogen and oxygen atoms in total. The zero-order valence-corrected chi connectivity index (χ0v) is 26.5. The lowest BCUT2D eigenvalue weighted by Gasteiger charge is -2.21. The molecule has 0 fully saturated rings. The molecule has 0 saturated carbocycles. The van der Waals surface area contributed by atoms with E-state index in [1.54, 1.807) is 6.07 Å². The van der Waals surface area contributed by atoms with E-state index < -0.39 is 98.3 Å². The van der Waals surface area contributed by atoms with E-state index in [0.717, 1.165) is 19.3 Å². The molecule has 0 aliphatic rings. The Balaban J connectivity index is 1.40. The maximum Gasteiger partial charge on any atom is 0.573 e. The Kier molecular flexibility index (Phi) is 10.8. The molecule has 0 radical (unpaired) electrons. The molecule has 0 atom stereocenters. The summed E-state index contributed by atoms with van der Waals surface area (Å²) >= 11 is 0. The number of alkyl halides is 5.